The molecule has 18 heavy (non-hydrogen) atoms. The van der Waals surface area contributed by atoms with Crippen LogP contribution >= 0.6 is 12.4 Å². The minimum atomic E-state index is -3.01. The van der Waals surface area contributed by atoms with Gasteiger partial charge in [0, 0.05) is 26.4 Å². The number of sulfone groups is 1. The van der Waals surface area contributed by atoms with E-state index in [9.17, 15) is 13.2 Å². The maximum Gasteiger partial charge on any atom is 0.229 e. The molecule has 1 heterocycles. The van der Waals surface area contributed by atoms with E-state index >= 15 is 0 Å². The third-order valence-electron chi connectivity index (χ3n) is 3.26. The molecule has 108 valence electrons. The highest BCUT2D eigenvalue weighted by molar-refractivity contribution is 7.90. The lowest BCUT2D eigenvalue weighted by atomic mass is 9.81. The zero-order chi connectivity index (χ0) is 13.1. The predicted molar refractivity (Wildman–Crippen MR) is 74.8 cm³/mol. The normalized spacial score (nSPS) is 24.2. The van der Waals surface area contributed by atoms with E-state index in [1.165, 1.54) is 11.2 Å². The molecule has 7 heteroatoms. The number of hydrogen-bond donors (Lipinski definition) is 1. The summed E-state index contributed by atoms with van der Waals surface area (Å²) in [5.74, 6) is 0.0620. The lowest BCUT2D eigenvalue weighted by Gasteiger charge is -2.36. The van der Waals surface area contributed by atoms with Crippen molar-refractivity contribution in [3.8, 4) is 0 Å². The summed E-state index contributed by atoms with van der Waals surface area (Å²) < 4.78 is 22.1. The summed E-state index contributed by atoms with van der Waals surface area (Å²) in [7, 11) is -1.34. The van der Waals surface area contributed by atoms with Crippen molar-refractivity contribution < 1.29 is 13.2 Å². The molecule has 0 aromatic rings. The maximum atomic E-state index is 12.2. The molecule has 0 aliphatic carbocycles. The molecule has 0 saturated carbocycles. The van der Waals surface area contributed by atoms with Crippen molar-refractivity contribution in [1.82, 2.24) is 10.2 Å². The number of nitrogens with zero attached hydrogens (tertiary/aromatic N) is 1. The molecule has 0 radical (unpaired) electrons. The Labute approximate surface area is 116 Å². The first kappa shape index (κ1) is 17.7. The summed E-state index contributed by atoms with van der Waals surface area (Å²) >= 11 is 0. The maximum absolute atomic E-state index is 12.2. The van der Waals surface area contributed by atoms with Gasteiger partial charge in [-0.3, -0.25) is 4.79 Å². The van der Waals surface area contributed by atoms with E-state index < -0.39 is 9.84 Å². The zero-order valence-electron chi connectivity index (χ0n) is 11.2. The van der Waals surface area contributed by atoms with Gasteiger partial charge in [0.1, 0.15) is 9.84 Å². The lowest BCUT2D eigenvalue weighted by Crippen LogP contribution is -2.49. The van der Waals surface area contributed by atoms with Crippen molar-refractivity contribution >= 4 is 28.2 Å². The molecular formula is C11H23ClN2O3S. The lowest BCUT2D eigenvalue weighted by molar-refractivity contribution is -0.140. The Balaban J connectivity index is 0.00000289. The molecule has 1 amide bonds. The van der Waals surface area contributed by atoms with Crippen LogP contribution in [0.3, 0.4) is 0 Å². The minimum Gasteiger partial charge on any atom is -0.344 e. The van der Waals surface area contributed by atoms with Gasteiger partial charge < -0.3 is 10.2 Å². The molecule has 1 atom stereocenters. The molecule has 5 nitrogen and oxygen atoms in total. The fraction of sp³-hybridized carbons (Fsp3) is 0.909. The van der Waals surface area contributed by atoms with Crippen LogP contribution in [0.5, 0.6) is 0 Å². The molecule has 1 fully saturated rings. The first-order chi connectivity index (χ1) is 7.75. The van der Waals surface area contributed by atoms with Gasteiger partial charge in [0.25, 0.3) is 0 Å². The number of nitrogens with one attached hydrogen (secondary N) is 1. The highest BCUT2D eigenvalue weighted by atomic mass is 35.5. The average Bonchev–Trinajstić information content (AvgIpc) is 2.25. The minimum absolute atomic E-state index is 0. The number of carbonyl (C=O) groups is 1. The largest absolute Gasteiger partial charge is 0.344 e. The van der Waals surface area contributed by atoms with E-state index in [-0.39, 0.29) is 36.0 Å². The number of amides is 1. The van der Waals surface area contributed by atoms with Crippen molar-refractivity contribution in [2.45, 2.75) is 19.8 Å². The molecule has 1 unspecified atom stereocenters. The Kier molecular flexibility index (Phi) is 6.60. The molecule has 0 spiro atoms. The van der Waals surface area contributed by atoms with Gasteiger partial charge in [-0.05, 0) is 26.3 Å². The summed E-state index contributed by atoms with van der Waals surface area (Å²) in [6, 6.07) is 0. The van der Waals surface area contributed by atoms with Crippen LogP contribution in [0.1, 0.15) is 19.8 Å². The van der Waals surface area contributed by atoms with Crippen molar-refractivity contribution in [2.24, 2.45) is 5.41 Å². The second-order valence-electron chi connectivity index (χ2n) is 5.20. The zero-order valence-corrected chi connectivity index (χ0v) is 12.9. The summed E-state index contributed by atoms with van der Waals surface area (Å²) in [4.78, 5) is 13.8. The van der Waals surface area contributed by atoms with Crippen LogP contribution < -0.4 is 5.32 Å². The number of hydrogen-bond acceptors (Lipinski definition) is 4. The number of halogens is 1. The fourth-order valence-electron chi connectivity index (χ4n) is 2.10. The molecule has 1 aliphatic heterocycles. The van der Waals surface area contributed by atoms with E-state index in [4.69, 9.17) is 0 Å². The SMILES string of the molecule is CN(CCS(C)(=O)=O)C(=O)C1(C)CCCNC1.Cl. The number of piperidine rings is 1. The van der Waals surface area contributed by atoms with Crippen LogP contribution in [0.2, 0.25) is 0 Å². The molecule has 0 aromatic carbocycles. The Morgan fingerprint density at radius 1 is 1.44 bits per heavy atom. The third kappa shape index (κ3) is 5.12. The van der Waals surface area contributed by atoms with Crippen LogP contribution in [-0.2, 0) is 14.6 Å². The highest BCUT2D eigenvalue weighted by Crippen LogP contribution is 2.27. The quantitative estimate of drug-likeness (QED) is 0.811. The summed E-state index contributed by atoms with van der Waals surface area (Å²) in [6.45, 7) is 3.84. The van der Waals surface area contributed by atoms with Crippen molar-refractivity contribution in [2.75, 3.05) is 38.7 Å². The van der Waals surface area contributed by atoms with Crippen LogP contribution in [0.15, 0.2) is 0 Å². The van der Waals surface area contributed by atoms with E-state index in [1.54, 1.807) is 7.05 Å². The van der Waals surface area contributed by atoms with Gasteiger partial charge in [-0.2, -0.15) is 0 Å². The van der Waals surface area contributed by atoms with Gasteiger partial charge in [0.2, 0.25) is 5.91 Å². The van der Waals surface area contributed by atoms with Crippen LogP contribution in [0.25, 0.3) is 0 Å². The Morgan fingerprint density at radius 3 is 2.50 bits per heavy atom. The van der Waals surface area contributed by atoms with Gasteiger partial charge in [-0.25, -0.2) is 8.42 Å². The fourth-order valence-corrected chi connectivity index (χ4v) is 2.71. The Morgan fingerprint density at radius 2 is 2.06 bits per heavy atom. The second kappa shape index (κ2) is 6.73. The molecule has 1 rings (SSSR count). The first-order valence-corrected chi connectivity index (χ1v) is 7.95. The molecule has 0 bridgehead atoms. The average molecular weight is 299 g/mol. The smallest absolute Gasteiger partial charge is 0.229 e. The first-order valence-electron chi connectivity index (χ1n) is 5.89. The van der Waals surface area contributed by atoms with Gasteiger partial charge in [0.15, 0.2) is 0 Å². The molecule has 1 saturated heterocycles. The Hall–Kier alpha value is -0.330. The van der Waals surface area contributed by atoms with Crippen LogP contribution in [0, 0.1) is 5.41 Å². The second-order valence-corrected chi connectivity index (χ2v) is 7.46. The monoisotopic (exact) mass is 298 g/mol. The molecular weight excluding hydrogens is 276 g/mol. The number of carbonyl (C=O) groups excluding carboxylic acids is 1. The predicted octanol–water partition coefficient (Wildman–Crippen LogP) is 0.301. The summed E-state index contributed by atoms with van der Waals surface area (Å²) in [5, 5.41) is 3.22. The van der Waals surface area contributed by atoms with Gasteiger partial charge >= 0.3 is 0 Å². The summed E-state index contributed by atoms with van der Waals surface area (Å²) in [6.07, 6.45) is 3.04. The van der Waals surface area contributed by atoms with Gasteiger partial charge in [-0.15, -0.1) is 12.4 Å². The third-order valence-corrected chi connectivity index (χ3v) is 4.18. The van der Waals surface area contributed by atoms with Crippen molar-refractivity contribution in [3.05, 3.63) is 0 Å². The highest BCUT2D eigenvalue weighted by Gasteiger charge is 2.36. The van der Waals surface area contributed by atoms with Crippen molar-refractivity contribution in [1.29, 1.82) is 0 Å². The molecule has 0 aromatic heterocycles. The number of rotatable bonds is 4. The van der Waals surface area contributed by atoms with E-state index in [0.29, 0.717) is 6.54 Å². The van der Waals surface area contributed by atoms with Crippen LogP contribution in [-0.4, -0.2) is 57.9 Å². The van der Waals surface area contributed by atoms with Gasteiger partial charge in [-0.1, -0.05) is 0 Å². The van der Waals surface area contributed by atoms with E-state index in [1.807, 2.05) is 6.92 Å². The van der Waals surface area contributed by atoms with E-state index in [0.717, 1.165) is 19.4 Å². The van der Waals surface area contributed by atoms with Crippen molar-refractivity contribution in [3.63, 3.8) is 0 Å². The van der Waals surface area contributed by atoms with Crippen LogP contribution in [0.4, 0.5) is 0 Å². The van der Waals surface area contributed by atoms with Gasteiger partial charge in [0.05, 0.1) is 11.2 Å². The topological polar surface area (TPSA) is 66.5 Å². The molecule has 1 N–H and O–H groups in total. The summed E-state index contributed by atoms with van der Waals surface area (Å²) in [5.41, 5.74) is -0.384. The standard InChI is InChI=1S/C11H22N2O3S.ClH/c1-11(5-4-6-12-9-11)10(14)13(2)7-8-17(3,15)16;/h12H,4-9H2,1-3H3;1H. The van der Waals surface area contributed by atoms with E-state index in [2.05, 4.69) is 5.32 Å². The molecule has 1 aliphatic rings. The Bertz CT molecular complexity index is 378.